The maximum Gasteiger partial charge on any atom is 0.171 e. The normalized spacial score (nSPS) is 54.4. The molecule has 5 heteroatoms. The van der Waals surface area contributed by atoms with E-state index < -0.39 is 11.5 Å². The molecule has 184 valence electrons. The molecule has 4 bridgehead atoms. The summed E-state index contributed by atoms with van der Waals surface area (Å²) in [5.41, 5.74) is -1.23. The standard InChI is InChI=1S/C28H42O5/c1-16(2)17(3)7-8-18(4)20-9-10-21-26(20,6)24(29)22-23-25(5)12-11-19-15-27(25,32-30-19)13-14-28(21,23)33-31-22/h7-8,16-23H,9-15H2,1-6H3/b8-7+/t17-,18+,19+,20+,21+,22+,23+,25+,26+,27+,28+/m0/s1. The monoisotopic (exact) mass is 458 g/mol. The Bertz CT molecular complexity index is 868. The number of hydrogen-bond acceptors (Lipinski definition) is 5. The minimum Gasteiger partial charge on any atom is -0.296 e. The molecular weight excluding hydrogens is 416 g/mol. The number of fused-ring (bicyclic) bond motifs is 2. The van der Waals surface area contributed by atoms with Crippen LogP contribution < -0.4 is 0 Å². The summed E-state index contributed by atoms with van der Waals surface area (Å²) in [6.07, 6.45) is 11.4. The van der Waals surface area contributed by atoms with Gasteiger partial charge < -0.3 is 0 Å². The zero-order valence-corrected chi connectivity index (χ0v) is 21.3. The lowest BCUT2D eigenvalue weighted by molar-refractivity contribution is -0.370. The highest BCUT2D eigenvalue weighted by Crippen LogP contribution is 2.74. The van der Waals surface area contributed by atoms with Crippen molar-refractivity contribution in [1.29, 1.82) is 0 Å². The molecule has 0 aromatic rings. The average Bonchev–Trinajstić information content (AvgIpc) is 3.45. The van der Waals surface area contributed by atoms with E-state index in [-0.39, 0.29) is 40.3 Å². The van der Waals surface area contributed by atoms with E-state index in [2.05, 4.69) is 53.7 Å². The summed E-state index contributed by atoms with van der Waals surface area (Å²) < 4.78 is 0. The molecule has 0 aromatic heterocycles. The Morgan fingerprint density at radius 3 is 2.48 bits per heavy atom. The Kier molecular flexibility index (Phi) is 4.92. The molecule has 1 spiro atoms. The smallest absolute Gasteiger partial charge is 0.171 e. The summed E-state index contributed by atoms with van der Waals surface area (Å²) >= 11 is 0. The molecule has 0 unspecified atom stereocenters. The first-order valence-electron chi connectivity index (χ1n) is 13.5. The minimum absolute atomic E-state index is 0.0533. The van der Waals surface area contributed by atoms with Gasteiger partial charge in [-0.15, -0.1) is 0 Å². The van der Waals surface area contributed by atoms with Crippen molar-refractivity contribution in [2.75, 3.05) is 0 Å². The van der Waals surface area contributed by atoms with E-state index in [4.69, 9.17) is 19.6 Å². The van der Waals surface area contributed by atoms with Crippen LogP contribution in [0.2, 0.25) is 0 Å². The molecule has 4 aliphatic carbocycles. The van der Waals surface area contributed by atoms with E-state index in [1.54, 1.807) is 0 Å². The van der Waals surface area contributed by atoms with Gasteiger partial charge in [0.1, 0.15) is 11.2 Å². The lowest BCUT2D eigenvalue weighted by Gasteiger charge is -2.63. The number of rotatable bonds is 4. The van der Waals surface area contributed by atoms with Crippen LogP contribution in [0.5, 0.6) is 0 Å². The molecule has 0 N–H and O–H groups in total. The van der Waals surface area contributed by atoms with Crippen molar-refractivity contribution in [3.63, 3.8) is 0 Å². The van der Waals surface area contributed by atoms with Gasteiger partial charge in [0.25, 0.3) is 0 Å². The lowest BCUT2D eigenvalue weighted by Crippen LogP contribution is -2.72. The van der Waals surface area contributed by atoms with E-state index in [9.17, 15) is 4.79 Å². The molecule has 6 fully saturated rings. The van der Waals surface area contributed by atoms with Crippen LogP contribution in [-0.2, 0) is 24.3 Å². The molecule has 0 aromatic carbocycles. The fraction of sp³-hybridized carbons (Fsp3) is 0.893. The van der Waals surface area contributed by atoms with Crippen molar-refractivity contribution in [3.05, 3.63) is 12.2 Å². The zero-order chi connectivity index (χ0) is 23.4. The fourth-order valence-corrected chi connectivity index (χ4v) is 9.38. The van der Waals surface area contributed by atoms with Gasteiger partial charge >= 0.3 is 0 Å². The highest BCUT2D eigenvalue weighted by molar-refractivity contribution is 5.92. The van der Waals surface area contributed by atoms with Crippen molar-refractivity contribution in [3.8, 4) is 0 Å². The molecule has 33 heavy (non-hydrogen) atoms. The summed E-state index contributed by atoms with van der Waals surface area (Å²) in [5.74, 6) is 2.41. The van der Waals surface area contributed by atoms with Crippen molar-refractivity contribution in [2.24, 2.45) is 46.3 Å². The molecule has 5 nitrogen and oxygen atoms in total. The molecule has 0 radical (unpaired) electrons. The first-order chi connectivity index (χ1) is 15.6. The maximum atomic E-state index is 14.3. The number of allylic oxidation sites excluding steroid dienone is 2. The molecule has 11 atom stereocenters. The van der Waals surface area contributed by atoms with Gasteiger partial charge in [-0.1, -0.05) is 53.7 Å². The Balaban J connectivity index is 1.36. The first-order valence-corrected chi connectivity index (χ1v) is 13.5. The van der Waals surface area contributed by atoms with E-state index in [0.717, 1.165) is 44.9 Å². The third-order valence-corrected chi connectivity index (χ3v) is 11.7. The van der Waals surface area contributed by atoms with E-state index in [1.165, 1.54) is 0 Å². The number of carbonyl (C=O) groups is 1. The number of ketones is 1. The van der Waals surface area contributed by atoms with E-state index >= 15 is 0 Å². The van der Waals surface area contributed by atoms with Crippen molar-refractivity contribution in [2.45, 2.75) is 110 Å². The lowest BCUT2D eigenvalue weighted by atomic mass is 9.40. The third kappa shape index (κ3) is 2.66. The minimum atomic E-state index is -0.486. The molecule has 2 aliphatic heterocycles. The van der Waals surface area contributed by atoms with Crippen LogP contribution in [0, 0.1) is 46.3 Å². The maximum absolute atomic E-state index is 14.3. The van der Waals surface area contributed by atoms with Crippen molar-refractivity contribution < 1.29 is 24.3 Å². The second-order valence-corrected chi connectivity index (χ2v) is 13.2. The van der Waals surface area contributed by atoms with Crippen LogP contribution in [0.4, 0.5) is 0 Å². The van der Waals surface area contributed by atoms with Crippen LogP contribution in [0.15, 0.2) is 12.2 Å². The van der Waals surface area contributed by atoms with E-state index in [1.807, 2.05) is 0 Å². The molecular formula is C28H42O5. The van der Waals surface area contributed by atoms with Crippen molar-refractivity contribution in [1.82, 2.24) is 0 Å². The molecule has 6 rings (SSSR count). The van der Waals surface area contributed by atoms with Gasteiger partial charge in [0.15, 0.2) is 11.9 Å². The van der Waals surface area contributed by atoms with Gasteiger partial charge in [0.05, 0.1) is 6.10 Å². The molecule has 6 aliphatic rings. The number of carbonyl (C=O) groups excluding carboxylic acids is 1. The Labute approximate surface area is 198 Å². The second-order valence-electron chi connectivity index (χ2n) is 13.2. The summed E-state index contributed by atoms with van der Waals surface area (Å²) in [7, 11) is 0. The Hall–Kier alpha value is -0.750. The topological polar surface area (TPSA) is 54.0 Å². The van der Waals surface area contributed by atoms with Gasteiger partial charge in [0.2, 0.25) is 0 Å². The second kappa shape index (κ2) is 7.15. The van der Waals surface area contributed by atoms with Crippen molar-refractivity contribution >= 4 is 5.78 Å². The average molecular weight is 459 g/mol. The predicted octanol–water partition coefficient (Wildman–Crippen LogP) is 5.82. The molecule has 2 saturated heterocycles. The van der Waals surface area contributed by atoms with Crippen LogP contribution >= 0.6 is 0 Å². The van der Waals surface area contributed by atoms with E-state index in [0.29, 0.717) is 23.7 Å². The van der Waals surface area contributed by atoms with Crippen LogP contribution in [-0.4, -0.2) is 29.2 Å². The SMILES string of the molecule is CC(C)[C@@H](C)/C=C/[C@@H](C)[C@H]1CC[C@H]2[C@]34CC[C@@]56C[C@@H](CC[C@]5(C)[C@H]3[C@@H](OO4)C(=O)[C@]12C)OO6. The Morgan fingerprint density at radius 1 is 0.939 bits per heavy atom. The predicted molar refractivity (Wildman–Crippen MR) is 124 cm³/mol. The fourth-order valence-electron chi connectivity index (χ4n) is 9.38. The third-order valence-electron chi connectivity index (χ3n) is 11.7. The Morgan fingerprint density at radius 2 is 1.73 bits per heavy atom. The number of Topliss-reactive ketones (excluding diaryl/α,β-unsaturated/α-hetero) is 1. The largest absolute Gasteiger partial charge is 0.296 e. The van der Waals surface area contributed by atoms with Crippen LogP contribution in [0.1, 0.15) is 86.5 Å². The quantitative estimate of drug-likeness (QED) is 0.392. The van der Waals surface area contributed by atoms with Gasteiger partial charge in [-0.25, -0.2) is 19.6 Å². The molecule has 2 heterocycles. The highest BCUT2D eigenvalue weighted by Gasteiger charge is 2.81. The summed E-state index contributed by atoms with van der Waals surface area (Å²) in [5, 5.41) is 0. The summed E-state index contributed by atoms with van der Waals surface area (Å²) in [6, 6.07) is 0. The van der Waals surface area contributed by atoms with Gasteiger partial charge in [-0.2, -0.15) is 0 Å². The number of hydrogen-bond donors (Lipinski definition) is 0. The summed E-state index contributed by atoms with van der Waals surface area (Å²) in [6.45, 7) is 13.7. The van der Waals surface area contributed by atoms with Gasteiger partial charge in [-0.3, -0.25) is 4.79 Å². The zero-order valence-electron chi connectivity index (χ0n) is 21.3. The van der Waals surface area contributed by atoms with Crippen LogP contribution in [0.3, 0.4) is 0 Å². The molecule has 0 amide bonds. The van der Waals surface area contributed by atoms with Crippen LogP contribution in [0.25, 0.3) is 0 Å². The molecule has 4 saturated carbocycles. The summed E-state index contributed by atoms with van der Waals surface area (Å²) in [4.78, 5) is 38.6. The van der Waals surface area contributed by atoms with Gasteiger partial charge in [0, 0.05) is 29.1 Å². The van der Waals surface area contributed by atoms with Gasteiger partial charge in [-0.05, 0) is 62.2 Å². The highest BCUT2D eigenvalue weighted by atomic mass is 17.2. The first kappa shape index (κ1) is 22.7.